The van der Waals surface area contributed by atoms with Crippen LogP contribution >= 0.6 is 23.4 Å². The minimum Gasteiger partial charge on any atom is -0.395 e. The lowest BCUT2D eigenvalue weighted by Gasteiger charge is -2.15. The van der Waals surface area contributed by atoms with E-state index in [1.54, 1.807) is 13.1 Å². The van der Waals surface area contributed by atoms with Gasteiger partial charge in [-0.2, -0.15) is 0 Å². The molecule has 0 fully saturated rings. The van der Waals surface area contributed by atoms with E-state index < -0.39 is 0 Å². The lowest BCUT2D eigenvalue weighted by Crippen LogP contribution is -2.30. The number of hydrogen-bond acceptors (Lipinski definition) is 3. The molecular weight excluding hydrogens is 246 g/mol. The second-order valence-corrected chi connectivity index (χ2v) is 4.68. The summed E-state index contributed by atoms with van der Waals surface area (Å²) in [6, 6.07) is 7.42. The molecule has 5 heteroatoms. The zero-order valence-corrected chi connectivity index (χ0v) is 10.6. The van der Waals surface area contributed by atoms with E-state index in [0.29, 0.717) is 17.3 Å². The van der Waals surface area contributed by atoms with Gasteiger partial charge in [-0.1, -0.05) is 23.7 Å². The highest BCUT2D eigenvalue weighted by molar-refractivity contribution is 8.00. The highest BCUT2D eigenvalue weighted by Crippen LogP contribution is 2.26. The molecule has 0 spiro atoms. The zero-order valence-electron chi connectivity index (χ0n) is 9.02. The molecule has 0 heterocycles. The van der Waals surface area contributed by atoms with Crippen molar-refractivity contribution in [1.29, 1.82) is 0 Å². The maximum absolute atomic E-state index is 11.6. The number of amides is 1. The van der Waals surface area contributed by atoms with Crippen molar-refractivity contribution in [3.63, 3.8) is 0 Å². The Hall–Kier alpha value is -0.710. The van der Waals surface area contributed by atoms with Crippen LogP contribution in [0.15, 0.2) is 29.2 Å². The van der Waals surface area contributed by atoms with E-state index in [0.717, 1.165) is 4.90 Å². The number of hydrogen-bond donors (Lipinski definition) is 1. The highest BCUT2D eigenvalue weighted by Gasteiger charge is 2.09. The number of likely N-dealkylation sites (N-methyl/N-ethyl adjacent to an activating group) is 1. The van der Waals surface area contributed by atoms with E-state index in [9.17, 15) is 4.79 Å². The number of aliphatic hydroxyl groups excluding tert-OH is 1. The smallest absolute Gasteiger partial charge is 0.232 e. The molecule has 0 aliphatic carbocycles. The summed E-state index contributed by atoms with van der Waals surface area (Å²) in [6.45, 7) is 0.348. The summed E-state index contributed by atoms with van der Waals surface area (Å²) in [5.74, 6) is 0.319. The van der Waals surface area contributed by atoms with Crippen molar-refractivity contribution in [2.45, 2.75) is 4.90 Å². The Morgan fingerprint density at radius 1 is 1.50 bits per heavy atom. The molecular formula is C11H14ClNO2S. The van der Waals surface area contributed by atoms with Crippen LogP contribution in [0.4, 0.5) is 0 Å². The van der Waals surface area contributed by atoms with E-state index in [2.05, 4.69) is 0 Å². The van der Waals surface area contributed by atoms with Gasteiger partial charge >= 0.3 is 0 Å². The molecule has 1 aromatic carbocycles. The van der Waals surface area contributed by atoms with Crippen molar-refractivity contribution in [3.8, 4) is 0 Å². The van der Waals surface area contributed by atoms with Gasteiger partial charge in [0, 0.05) is 18.5 Å². The molecule has 0 unspecified atom stereocenters. The first-order valence-corrected chi connectivity index (χ1v) is 6.23. The molecule has 3 nitrogen and oxygen atoms in total. The van der Waals surface area contributed by atoms with Crippen LogP contribution in [0.1, 0.15) is 0 Å². The van der Waals surface area contributed by atoms with Crippen LogP contribution in [0.25, 0.3) is 0 Å². The van der Waals surface area contributed by atoms with Gasteiger partial charge in [-0.3, -0.25) is 4.79 Å². The fourth-order valence-corrected chi connectivity index (χ4v) is 2.27. The third-order valence-electron chi connectivity index (χ3n) is 2.05. The van der Waals surface area contributed by atoms with Gasteiger partial charge < -0.3 is 10.0 Å². The molecule has 1 N–H and O–H groups in total. The van der Waals surface area contributed by atoms with Crippen LogP contribution in [0, 0.1) is 0 Å². The second-order valence-electron chi connectivity index (χ2n) is 3.26. The monoisotopic (exact) mass is 259 g/mol. The van der Waals surface area contributed by atoms with Gasteiger partial charge in [-0.15, -0.1) is 11.8 Å². The van der Waals surface area contributed by atoms with Crippen molar-refractivity contribution < 1.29 is 9.90 Å². The maximum atomic E-state index is 11.6. The first kappa shape index (κ1) is 13.4. The van der Waals surface area contributed by atoms with Gasteiger partial charge in [0.15, 0.2) is 0 Å². The first-order valence-electron chi connectivity index (χ1n) is 4.87. The molecule has 1 rings (SSSR count). The summed E-state index contributed by atoms with van der Waals surface area (Å²) >= 11 is 7.37. The minimum atomic E-state index is -0.0149. The molecule has 0 radical (unpaired) electrons. The van der Waals surface area contributed by atoms with E-state index in [1.165, 1.54) is 16.7 Å². The van der Waals surface area contributed by atoms with Crippen LogP contribution in [0.3, 0.4) is 0 Å². The number of aliphatic hydroxyl groups is 1. The zero-order chi connectivity index (χ0) is 12.0. The van der Waals surface area contributed by atoms with E-state index in [1.807, 2.05) is 18.2 Å². The van der Waals surface area contributed by atoms with Crippen molar-refractivity contribution >= 4 is 29.3 Å². The van der Waals surface area contributed by atoms with Crippen molar-refractivity contribution in [3.05, 3.63) is 29.3 Å². The van der Waals surface area contributed by atoms with Crippen molar-refractivity contribution in [1.82, 2.24) is 4.90 Å². The molecule has 0 atom stereocenters. The van der Waals surface area contributed by atoms with Crippen LogP contribution in [-0.2, 0) is 4.79 Å². The normalized spacial score (nSPS) is 10.2. The van der Waals surface area contributed by atoms with Crippen molar-refractivity contribution in [2.75, 3.05) is 26.0 Å². The summed E-state index contributed by atoms with van der Waals surface area (Å²) < 4.78 is 0. The van der Waals surface area contributed by atoms with Crippen LogP contribution in [-0.4, -0.2) is 41.9 Å². The van der Waals surface area contributed by atoms with E-state index >= 15 is 0 Å². The van der Waals surface area contributed by atoms with E-state index in [-0.39, 0.29) is 12.5 Å². The predicted octanol–water partition coefficient (Wildman–Crippen LogP) is 1.88. The summed E-state index contributed by atoms with van der Waals surface area (Å²) in [5.41, 5.74) is 0. The Morgan fingerprint density at radius 3 is 2.81 bits per heavy atom. The lowest BCUT2D eigenvalue weighted by molar-refractivity contribution is -0.127. The average molecular weight is 260 g/mol. The maximum Gasteiger partial charge on any atom is 0.232 e. The molecule has 0 bridgehead atoms. The van der Waals surface area contributed by atoms with Gasteiger partial charge in [0.2, 0.25) is 5.91 Å². The third kappa shape index (κ3) is 4.04. The predicted molar refractivity (Wildman–Crippen MR) is 66.9 cm³/mol. The fourth-order valence-electron chi connectivity index (χ4n) is 1.09. The third-order valence-corrected chi connectivity index (χ3v) is 3.55. The van der Waals surface area contributed by atoms with Gasteiger partial charge in [-0.25, -0.2) is 0 Å². The van der Waals surface area contributed by atoms with Gasteiger partial charge in [-0.05, 0) is 12.1 Å². The first-order chi connectivity index (χ1) is 7.65. The number of rotatable bonds is 5. The standard InChI is InChI=1S/C11H14ClNO2S/c1-13(6-7-14)11(15)8-16-10-5-3-2-4-9(10)12/h2-5,14H,6-8H2,1H3. The van der Waals surface area contributed by atoms with Gasteiger partial charge in [0.25, 0.3) is 0 Å². The molecule has 88 valence electrons. The number of halogens is 1. The number of carbonyl (C=O) groups is 1. The molecule has 0 aliphatic rings. The molecule has 1 aromatic rings. The Kier molecular flexibility index (Phi) is 5.66. The number of benzene rings is 1. The fraction of sp³-hybridized carbons (Fsp3) is 0.364. The highest BCUT2D eigenvalue weighted by atomic mass is 35.5. The van der Waals surface area contributed by atoms with Gasteiger partial charge in [0.05, 0.1) is 17.4 Å². The Bertz CT molecular complexity index is 360. The second kappa shape index (κ2) is 6.78. The summed E-state index contributed by atoms with van der Waals surface area (Å²) in [5, 5.41) is 9.35. The SMILES string of the molecule is CN(CCO)C(=O)CSc1ccccc1Cl. The number of carbonyl (C=O) groups excluding carboxylic acids is 1. The largest absolute Gasteiger partial charge is 0.395 e. The lowest BCUT2D eigenvalue weighted by atomic mass is 10.4. The molecule has 16 heavy (non-hydrogen) atoms. The Morgan fingerprint density at radius 2 is 2.19 bits per heavy atom. The summed E-state index contributed by atoms with van der Waals surface area (Å²) in [6.07, 6.45) is 0. The number of thioether (sulfide) groups is 1. The Balaban J connectivity index is 2.46. The summed E-state index contributed by atoms with van der Waals surface area (Å²) in [4.78, 5) is 14.0. The van der Waals surface area contributed by atoms with Crippen LogP contribution in [0.5, 0.6) is 0 Å². The molecule has 0 aromatic heterocycles. The molecule has 1 amide bonds. The average Bonchev–Trinajstić information content (AvgIpc) is 2.28. The Labute approximate surface area is 104 Å². The van der Waals surface area contributed by atoms with Crippen LogP contribution in [0.2, 0.25) is 5.02 Å². The van der Waals surface area contributed by atoms with Crippen molar-refractivity contribution in [2.24, 2.45) is 0 Å². The number of nitrogens with zero attached hydrogens (tertiary/aromatic N) is 1. The minimum absolute atomic E-state index is 0.0148. The summed E-state index contributed by atoms with van der Waals surface area (Å²) in [7, 11) is 1.67. The van der Waals surface area contributed by atoms with E-state index in [4.69, 9.17) is 16.7 Å². The molecule has 0 aliphatic heterocycles. The molecule has 0 saturated carbocycles. The molecule has 0 saturated heterocycles. The topological polar surface area (TPSA) is 40.5 Å². The quantitative estimate of drug-likeness (QED) is 0.821. The van der Waals surface area contributed by atoms with Gasteiger partial charge in [0.1, 0.15) is 0 Å². The van der Waals surface area contributed by atoms with Crippen LogP contribution < -0.4 is 0 Å².